The van der Waals surface area contributed by atoms with E-state index in [9.17, 15) is 17.6 Å². The van der Waals surface area contributed by atoms with Gasteiger partial charge in [-0.2, -0.15) is 4.31 Å². The predicted molar refractivity (Wildman–Crippen MR) is 99.4 cm³/mol. The zero-order chi connectivity index (χ0) is 19.6. The van der Waals surface area contributed by atoms with Crippen molar-refractivity contribution in [2.24, 2.45) is 5.92 Å². The number of nitrogens with zero attached hydrogens (tertiary/aromatic N) is 3. The summed E-state index contributed by atoms with van der Waals surface area (Å²) in [6.07, 6.45) is 4.09. The van der Waals surface area contributed by atoms with Gasteiger partial charge in [0.2, 0.25) is 5.91 Å². The zero-order valence-electron chi connectivity index (χ0n) is 14.7. The van der Waals surface area contributed by atoms with Crippen LogP contribution in [0.25, 0.3) is 0 Å². The number of anilines is 1. The van der Waals surface area contributed by atoms with Crippen LogP contribution in [0.1, 0.15) is 19.8 Å². The van der Waals surface area contributed by atoms with Gasteiger partial charge in [0.25, 0.3) is 10.0 Å². The lowest BCUT2D eigenvalue weighted by molar-refractivity contribution is -0.120. The van der Waals surface area contributed by atoms with E-state index in [2.05, 4.69) is 10.3 Å². The molecule has 2 heterocycles. The molecule has 1 fully saturated rings. The first-order chi connectivity index (χ1) is 12.8. The molecule has 1 atom stereocenters. The molecule has 3 rings (SSSR count). The van der Waals surface area contributed by atoms with Crippen LogP contribution in [0.4, 0.5) is 10.1 Å². The zero-order valence-corrected chi connectivity index (χ0v) is 16.3. The number of aromatic nitrogens is 2. The van der Waals surface area contributed by atoms with Gasteiger partial charge in [0, 0.05) is 31.5 Å². The van der Waals surface area contributed by atoms with Crippen LogP contribution in [0.15, 0.2) is 35.7 Å². The number of rotatable bonds is 5. The Kier molecular flexibility index (Phi) is 5.83. The maximum absolute atomic E-state index is 13.2. The molecule has 1 aliphatic heterocycles. The largest absolute Gasteiger partial charge is 0.336 e. The summed E-state index contributed by atoms with van der Waals surface area (Å²) < 4.78 is 41.8. The van der Waals surface area contributed by atoms with E-state index in [4.69, 9.17) is 11.6 Å². The number of nitrogens with one attached hydrogen (secondary N) is 1. The smallest absolute Gasteiger partial charge is 0.262 e. The molecule has 1 unspecified atom stereocenters. The number of aryl methyl sites for hydroxylation is 1. The molecule has 0 saturated carbocycles. The van der Waals surface area contributed by atoms with Crippen molar-refractivity contribution in [3.63, 3.8) is 0 Å². The van der Waals surface area contributed by atoms with Crippen molar-refractivity contribution in [2.45, 2.75) is 31.3 Å². The van der Waals surface area contributed by atoms with E-state index in [1.807, 2.05) is 6.92 Å². The minimum atomic E-state index is -3.75. The fourth-order valence-corrected chi connectivity index (χ4v) is 4.61. The summed E-state index contributed by atoms with van der Waals surface area (Å²) in [6.45, 7) is 2.92. The quantitative estimate of drug-likeness (QED) is 0.815. The summed E-state index contributed by atoms with van der Waals surface area (Å²) in [5.41, 5.74) is 0.369. The summed E-state index contributed by atoms with van der Waals surface area (Å²) in [6, 6.07) is 3.90. The molecule has 0 radical (unpaired) electrons. The third-order valence-corrected chi connectivity index (χ3v) is 6.56. The lowest BCUT2D eigenvalue weighted by Gasteiger charge is -2.30. The van der Waals surface area contributed by atoms with Crippen molar-refractivity contribution in [1.82, 2.24) is 13.9 Å². The Hall–Kier alpha value is -1.97. The van der Waals surface area contributed by atoms with Crippen LogP contribution in [0, 0.1) is 11.7 Å². The van der Waals surface area contributed by atoms with Gasteiger partial charge in [-0.25, -0.2) is 17.8 Å². The number of imidazole rings is 1. The molecule has 146 valence electrons. The number of piperidine rings is 1. The Morgan fingerprint density at radius 1 is 1.44 bits per heavy atom. The fourth-order valence-electron chi connectivity index (χ4n) is 2.97. The van der Waals surface area contributed by atoms with Gasteiger partial charge in [0.1, 0.15) is 5.82 Å². The average Bonchev–Trinajstić information content (AvgIpc) is 3.15. The van der Waals surface area contributed by atoms with Gasteiger partial charge in [0.15, 0.2) is 5.03 Å². The number of carbonyl (C=O) groups excluding carboxylic acids is 1. The standard InChI is InChI=1S/C17H20ClFN4O3S/c1-2-22-10-16(20-11-22)27(25,26)23-7-3-4-12(9-23)17(24)21-13-5-6-15(19)14(18)8-13/h5-6,8,10-12H,2-4,7,9H2,1H3,(H,21,24). The lowest BCUT2D eigenvalue weighted by atomic mass is 9.99. The third-order valence-electron chi connectivity index (χ3n) is 4.52. The van der Waals surface area contributed by atoms with E-state index >= 15 is 0 Å². The van der Waals surface area contributed by atoms with Gasteiger partial charge in [0.05, 0.1) is 17.3 Å². The van der Waals surface area contributed by atoms with Crippen LogP contribution in [-0.2, 0) is 21.4 Å². The normalized spacial score (nSPS) is 18.4. The summed E-state index contributed by atoms with van der Waals surface area (Å²) in [5.74, 6) is -1.40. The van der Waals surface area contributed by atoms with E-state index in [0.717, 1.165) is 0 Å². The first-order valence-electron chi connectivity index (χ1n) is 8.59. The number of benzene rings is 1. The SMILES string of the molecule is CCn1cnc(S(=O)(=O)N2CCCC(C(=O)Nc3ccc(F)c(Cl)c3)C2)c1. The highest BCUT2D eigenvalue weighted by Gasteiger charge is 2.34. The number of hydrogen-bond donors (Lipinski definition) is 1. The van der Waals surface area contributed by atoms with Crippen LogP contribution in [0.3, 0.4) is 0 Å². The number of sulfonamides is 1. The summed E-state index contributed by atoms with van der Waals surface area (Å²) in [7, 11) is -3.75. The van der Waals surface area contributed by atoms with Crippen molar-refractivity contribution >= 4 is 33.2 Å². The Balaban J connectivity index is 1.71. The Morgan fingerprint density at radius 3 is 2.89 bits per heavy atom. The lowest BCUT2D eigenvalue weighted by Crippen LogP contribution is -2.43. The second-order valence-corrected chi connectivity index (χ2v) is 8.65. The molecule has 0 aliphatic carbocycles. The monoisotopic (exact) mass is 414 g/mol. The molecule has 27 heavy (non-hydrogen) atoms. The highest BCUT2D eigenvalue weighted by atomic mass is 35.5. The fraction of sp³-hybridized carbons (Fsp3) is 0.412. The molecular formula is C17H20ClFN4O3S. The van der Waals surface area contributed by atoms with Gasteiger partial charge in [-0.15, -0.1) is 0 Å². The second-order valence-electron chi connectivity index (χ2n) is 6.36. The molecule has 1 saturated heterocycles. The number of carbonyl (C=O) groups is 1. The molecule has 1 aromatic carbocycles. The van der Waals surface area contributed by atoms with Crippen LogP contribution in [-0.4, -0.2) is 41.3 Å². The second kappa shape index (κ2) is 7.95. The van der Waals surface area contributed by atoms with Crippen molar-refractivity contribution in [2.75, 3.05) is 18.4 Å². The van der Waals surface area contributed by atoms with Gasteiger partial charge >= 0.3 is 0 Å². The molecule has 1 N–H and O–H groups in total. The minimum Gasteiger partial charge on any atom is -0.336 e. The first kappa shape index (κ1) is 19.8. The Morgan fingerprint density at radius 2 is 2.22 bits per heavy atom. The molecule has 7 nitrogen and oxygen atoms in total. The summed E-state index contributed by atoms with van der Waals surface area (Å²) in [5, 5.41) is 2.56. The number of halogens is 2. The van der Waals surface area contributed by atoms with E-state index in [0.29, 0.717) is 31.6 Å². The van der Waals surface area contributed by atoms with Crippen molar-refractivity contribution < 1.29 is 17.6 Å². The summed E-state index contributed by atoms with van der Waals surface area (Å²) in [4.78, 5) is 16.5. The molecule has 0 spiro atoms. The summed E-state index contributed by atoms with van der Waals surface area (Å²) >= 11 is 5.73. The van der Waals surface area contributed by atoms with Crippen LogP contribution in [0.5, 0.6) is 0 Å². The topological polar surface area (TPSA) is 84.3 Å². The molecule has 1 aromatic heterocycles. The predicted octanol–water partition coefficient (Wildman–Crippen LogP) is 2.73. The highest BCUT2D eigenvalue weighted by Crippen LogP contribution is 2.25. The number of amides is 1. The average molecular weight is 415 g/mol. The van der Waals surface area contributed by atoms with Crippen LogP contribution >= 0.6 is 11.6 Å². The van der Waals surface area contributed by atoms with Crippen molar-refractivity contribution in [3.05, 3.63) is 41.6 Å². The molecule has 2 aromatic rings. The van der Waals surface area contributed by atoms with Gasteiger partial charge in [-0.1, -0.05) is 11.6 Å². The van der Waals surface area contributed by atoms with Gasteiger partial charge < -0.3 is 9.88 Å². The third kappa shape index (κ3) is 4.31. The molecule has 10 heteroatoms. The maximum Gasteiger partial charge on any atom is 0.262 e. The Labute approximate surface area is 162 Å². The van der Waals surface area contributed by atoms with Crippen LogP contribution in [0.2, 0.25) is 5.02 Å². The van der Waals surface area contributed by atoms with E-state index < -0.39 is 21.8 Å². The molecular weight excluding hydrogens is 395 g/mol. The molecule has 0 bridgehead atoms. The number of hydrogen-bond acceptors (Lipinski definition) is 4. The van der Waals surface area contributed by atoms with Crippen LogP contribution < -0.4 is 5.32 Å². The van der Waals surface area contributed by atoms with E-state index in [1.165, 1.54) is 35.0 Å². The van der Waals surface area contributed by atoms with E-state index in [-0.39, 0.29) is 22.5 Å². The van der Waals surface area contributed by atoms with Gasteiger partial charge in [-0.05, 0) is 38.0 Å². The van der Waals surface area contributed by atoms with Crippen molar-refractivity contribution in [1.29, 1.82) is 0 Å². The molecule has 1 amide bonds. The van der Waals surface area contributed by atoms with Crippen molar-refractivity contribution in [3.8, 4) is 0 Å². The molecule has 1 aliphatic rings. The minimum absolute atomic E-state index is 0.0178. The maximum atomic E-state index is 13.2. The van der Waals surface area contributed by atoms with Gasteiger partial charge in [-0.3, -0.25) is 4.79 Å². The Bertz CT molecular complexity index is 947. The first-order valence-corrected chi connectivity index (χ1v) is 10.4. The van der Waals surface area contributed by atoms with E-state index in [1.54, 1.807) is 4.57 Å². The highest BCUT2D eigenvalue weighted by molar-refractivity contribution is 7.89.